The molecule has 2 aromatic rings. The predicted molar refractivity (Wildman–Crippen MR) is 72.8 cm³/mol. The molecule has 7 heteroatoms. The van der Waals surface area contributed by atoms with E-state index in [1.54, 1.807) is 0 Å². The molecule has 0 unspecified atom stereocenters. The summed E-state index contributed by atoms with van der Waals surface area (Å²) in [7, 11) is 1.83. The molecule has 0 amide bonds. The summed E-state index contributed by atoms with van der Waals surface area (Å²) in [6.45, 7) is 0.872. The second kappa shape index (κ2) is 6.44. The Kier molecular flexibility index (Phi) is 4.84. The zero-order chi connectivity index (χ0) is 15.5. The minimum Gasteiger partial charge on any atom is -0.488 e. The number of rotatable bonds is 5. The number of hydrogen-bond acceptors (Lipinski definition) is 3. The van der Waals surface area contributed by atoms with Crippen molar-refractivity contribution in [1.82, 2.24) is 5.32 Å². The molecule has 114 valence electrons. The van der Waals surface area contributed by atoms with Crippen molar-refractivity contribution in [3.05, 3.63) is 51.5 Å². The molecule has 2 nitrogen and oxygen atoms in total. The van der Waals surface area contributed by atoms with Gasteiger partial charge in [0.25, 0.3) is 0 Å². The Balaban J connectivity index is 2.06. The van der Waals surface area contributed by atoms with Gasteiger partial charge in [0.15, 0.2) is 0 Å². The molecule has 2 rings (SSSR count). The molecule has 0 aliphatic rings. The normalized spacial score (nSPS) is 11.7. The lowest BCUT2D eigenvalue weighted by Gasteiger charge is -2.10. The summed E-state index contributed by atoms with van der Waals surface area (Å²) in [5.41, 5.74) is -1.32. The first-order valence-corrected chi connectivity index (χ1v) is 6.93. The Bertz CT molecular complexity index is 609. The molecule has 1 aromatic carbocycles. The van der Waals surface area contributed by atoms with Crippen LogP contribution >= 0.6 is 11.3 Å². The summed E-state index contributed by atoms with van der Waals surface area (Å²) < 4.78 is 56.2. The minimum absolute atomic E-state index is 0.00714. The van der Waals surface area contributed by atoms with Crippen LogP contribution in [0.3, 0.4) is 0 Å². The van der Waals surface area contributed by atoms with Crippen LogP contribution in [0, 0.1) is 5.82 Å². The fourth-order valence-corrected chi connectivity index (χ4v) is 2.68. The number of hydrogen-bond donors (Lipinski definition) is 1. The SMILES string of the molecule is CNCc1ccc(COc2ccc(F)c(C(F)(F)F)c2)s1. The molecule has 0 aliphatic heterocycles. The van der Waals surface area contributed by atoms with Gasteiger partial charge in [-0.2, -0.15) is 13.2 Å². The third-order valence-electron chi connectivity index (χ3n) is 2.69. The Labute approximate surface area is 123 Å². The quantitative estimate of drug-likeness (QED) is 0.834. The summed E-state index contributed by atoms with van der Waals surface area (Å²) in [5, 5.41) is 3.00. The van der Waals surface area contributed by atoms with E-state index in [4.69, 9.17) is 4.74 Å². The highest BCUT2D eigenvalue weighted by atomic mass is 32.1. The average Bonchev–Trinajstić information content (AvgIpc) is 2.85. The fraction of sp³-hybridized carbons (Fsp3) is 0.286. The third kappa shape index (κ3) is 4.18. The van der Waals surface area contributed by atoms with E-state index in [1.165, 1.54) is 17.4 Å². The first kappa shape index (κ1) is 15.8. The maximum Gasteiger partial charge on any atom is 0.419 e. The zero-order valence-corrected chi connectivity index (χ0v) is 11.9. The van der Waals surface area contributed by atoms with E-state index in [0.717, 1.165) is 22.4 Å². The second-order valence-electron chi connectivity index (χ2n) is 4.33. The highest BCUT2D eigenvalue weighted by Gasteiger charge is 2.34. The number of alkyl halides is 3. The third-order valence-corrected chi connectivity index (χ3v) is 3.75. The van der Waals surface area contributed by atoms with Crippen LogP contribution in [0.15, 0.2) is 30.3 Å². The number of halogens is 4. The van der Waals surface area contributed by atoms with Gasteiger partial charge in [-0.3, -0.25) is 0 Å². The van der Waals surface area contributed by atoms with Gasteiger partial charge in [0.2, 0.25) is 0 Å². The molecule has 0 radical (unpaired) electrons. The van der Waals surface area contributed by atoms with Gasteiger partial charge in [-0.1, -0.05) is 0 Å². The van der Waals surface area contributed by atoms with Crippen LogP contribution in [-0.4, -0.2) is 7.05 Å². The summed E-state index contributed by atoms with van der Waals surface area (Å²) in [6, 6.07) is 6.40. The molecule has 0 bridgehead atoms. The van der Waals surface area contributed by atoms with Gasteiger partial charge in [-0.05, 0) is 37.4 Å². The van der Waals surface area contributed by atoms with Crippen molar-refractivity contribution in [3.8, 4) is 5.75 Å². The Morgan fingerprint density at radius 3 is 2.52 bits per heavy atom. The van der Waals surface area contributed by atoms with E-state index in [2.05, 4.69) is 5.32 Å². The van der Waals surface area contributed by atoms with Gasteiger partial charge < -0.3 is 10.1 Å². The predicted octanol–water partition coefficient (Wildman–Crippen LogP) is 4.20. The van der Waals surface area contributed by atoms with E-state index < -0.39 is 17.6 Å². The smallest absolute Gasteiger partial charge is 0.419 e. The highest BCUT2D eigenvalue weighted by molar-refractivity contribution is 7.11. The van der Waals surface area contributed by atoms with Crippen LogP contribution in [-0.2, 0) is 19.3 Å². The van der Waals surface area contributed by atoms with E-state index in [0.29, 0.717) is 6.07 Å². The lowest BCUT2D eigenvalue weighted by Crippen LogP contribution is -2.08. The molecule has 0 fully saturated rings. The molecule has 21 heavy (non-hydrogen) atoms. The first-order valence-electron chi connectivity index (χ1n) is 6.12. The molecule has 1 N–H and O–H groups in total. The van der Waals surface area contributed by atoms with E-state index in [-0.39, 0.29) is 12.4 Å². The summed E-state index contributed by atoms with van der Waals surface area (Å²) in [4.78, 5) is 1.99. The van der Waals surface area contributed by atoms with Crippen molar-refractivity contribution in [2.75, 3.05) is 7.05 Å². The van der Waals surface area contributed by atoms with Gasteiger partial charge in [-0.25, -0.2) is 4.39 Å². The second-order valence-corrected chi connectivity index (χ2v) is 5.58. The van der Waals surface area contributed by atoms with E-state index in [1.807, 2.05) is 19.2 Å². The highest BCUT2D eigenvalue weighted by Crippen LogP contribution is 2.33. The molecule has 0 saturated carbocycles. The number of benzene rings is 1. The molecule has 0 saturated heterocycles. The van der Waals surface area contributed by atoms with Crippen LogP contribution in [0.25, 0.3) is 0 Å². The largest absolute Gasteiger partial charge is 0.488 e. The van der Waals surface area contributed by atoms with Crippen LogP contribution in [0.4, 0.5) is 17.6 Å². The lowest BCUT2D eigenvalue weighted by atomic mass is 10.2. The molecule has 0 atom stereocenters. The summed E-state index contributed by atoms with van der Waals surface area (Å²) in [5.74, 6) is -1.31. The molecule has 0 spiro atoms. The average molecular weight is 319 g/mol. The van der Waals surface area contributed by atoms with Crippen LogP contribution in [0.1, 0.15) is 15.3 Å². The topological polar surface area (TPSA) is 21.3 Å². The monoisotopic (exact) mass is 319 g/mol. The Hall–Kier alpha value is -1.60. The van der Waals surface area contributed by atoms with Gasteiger partial charge >= 0.3 is 6.18 Å². The van der Waals surface area contributed by atoms with Crippen molar-refractivity contribution >= 4 is 11.3 Å². The minimum atomic E-state index is -4.73. The lowest BCUT2D eigenvalue weighted by molar-refractivity contribution is -0.140. The number of nitrogens with one attached hydrogen (secondary N) is 1. The van der Waals surface area contributed by atoms with Gasteiger partial charge in [0.1, 0.15) is 18.2 Å². The van der Waals surface area contributed by atoms with Crippen molar-refractivity contribution < 1.29 is 22.3 Å². The molecule has 1 heterocycles. The van der Waals surface area contributed by atoms with Gasteiger partial charge in [0.05, 0.1) is 5.56 Å². The zero-order valence-electron chi connectivity index (χ0n) is 11.1. The Morgan fingerprint density at radius 2 is 1.86 bits per heavy atom. The van der Waals surface area contributed by atoms with Gasteiger partial charge in [-0.15, -0.1) is 11.3 Å². The standard InChI is InChI=1S/C14H13F4NOS/c1-19-7-10-3-4-11(21-10)8-20-9-2-5-13(15)12(6-9)14(16,17)18/h2-6,19H,7-8H2,1H3. The van der Waals surface area contributed by atoms with Gasteiger partial charge in [0, 0.05) is 16.3 Å². The maximum absolute atomic E-state index is 13.1. The van der Waals surface area contributed by atoms with Crippen molar-refractivity contribution in [2.45, 2.75) is 19.3 Å². The summed E-state index contributed by atoms with van der Waals surface area (Å²) >= 11 is 1.51. The number of thiophene rings is 1. The van der Waals surface area contributed by atoms with Crippen LogP contribution < -0.4 is 10.1 Å². The molecular formula is C14H13F4NOS. The van der Waals surface area contributed by atoms with Crippen molar-refractivity contribution in [2.24, 2.45) is 0 Å². The van der Waals surface area contributed by atoms with E-state index in [9.17, 15) is 17.6 Å². The Morgan fingerprint density at radius 1 is 1.14 bits per heavy atom. The van der Waals surface area contributed by atoms with Crippen LogP contribution in [0.5, 0.6) is 5.75 Å². The molecule has 0 aliphatic carbocycles. The van der Waals surface area contributed by atoms with Crippen molar-refractivity contribution in [3.63, 3.8) is 0 Å². The number of ether oxygens (including phenoxy) is 1. The molecular weight excluding hydrogens is 306 g/mol. The first-order chi connectivity index (χ1) is 9.90. The van der Waals surface area contributed by atoms with Crippen LogP contribution in [0.2, 0.25) is 0 Å². The fourth-order valence-electron chi connectivity index (χ4n) is 1.74. The molecule has 1 aromatic heterocycles. The summed E-state index contributed by atoms with van der Waals surface area (Å²) in [6.07, 6.45) is -4.73. The van der Waals surface area contributed by atoms with E-state index >= 15 is 0 Å². The van der Waals surface area contributed by atoms with Crippen molar-refractivity contribution in [1.29, 1.82) is 0 Å². The maximum atomic E-state index is 13.1.